The smallest absolute Gasteiger partial charge is 0.280 e. The van der Waals surface area contributed by atoms with Crippen molar-refractivity contribution in [1.82, 2.24) is 20.3 Å². The second-order valence-corrected chi connectivity index (χ2v) is 6.88. The van der Waals surface area contributed by atoms with E-state index in [1.165, 1.54) is 14.2 Å². The standard InChI is InChI=1S/C19H21ClN4O3S/c1-26-15-7-6-14(20)17(27-2)16(15)18(25)23-9-4-10-24(23)19(28)22-12-13-5-3-8-21-11-13/h3,5-8,11H,4,9-10,12H2,1-2H3,(H,22,28). The Hall–Kier alpha value is -2.58. The van der Waals surface area contributed by atoms with Crippen LogP contribution in [0, 0.1) is 0 Å². The van der Waals surface area contributed by atoms with Gasteiger partial charge in [-0.2, -0.15) is 0 Å². The summed E-state index contributed by atoms with van der Waals surface area (Å²) in [7, 11) is 2.97. The van der Waals surface area contributed by atoms with Gasteiger partial charge in [0.15, 0.2) is 10.9 Å². The van der Waals surface area contributed by atoms with Crippen LogP contribution in [0.4, 0.5) is 0 Å². The lowest BCUT2D eigenvalue weighted by molar-refractivity contribution is 0.0484. The molecule has 0 radical (unpaired) electrons. The molecule has 0 saturated carbocycles. The van der Waals surface area contributed by atoms with Crippen molar-refractivity contribution < 1.29 is 14.3 Å². The number of carbonyl (C=O) groups is 1. The first-order valence-electron chi connectivity index (χ1n) is 8.73. The summed E-state index contributed by atoms with van der Waals surface area (Å²) < 4.78 is 10.7. The van der Waals surface area contributed by atoms with E-state index in [0.29, 0.717) is 35.5 Å². The normalized spacial score (nSPS) is 13.4. The van der Waals surface area contributed by atoms with Gasteiger partial charge in [0, 0.05) is 32.0 Å². The summed E-state index contributed by atoms with van der Waals surface area (Å²) in [6.07, 6.45) is 4.28. The monoisotopic (exact) mass is 420 g/mol. The molecule has 1 aliphatic rings. The lowest BCUT2D eigenvalue weighted by Crippen LogP contribution is -2.49. The number of aromatic nitrogens is 1. The fourth-order valence-corrected chi connectivity index (χ4v) is 3.54. The summed E-state index contributed by atoms with van der Waals surface area (Å²) in [5.74, 6) is 0.402. The molecule has 0 spiro atoms. The first-order valence-corrected chi connectivity index (χ1v) is 9.52. The van der Waals surface area contributed by atoms with Gasteiger partial charge < -0.3 is 14.8 Å². The molecule has 9 heteroatoms. The molecular weight excluding hydrogens is 400 g/mol. The number of hydrogen-bond donors (Lipinski definition) is 1. The van der Waals surface area contributed by atoms with Crippen molar-refractivity contribution in [2.45, 2.75) is 13.0 Å². The molecule has 148 valence electrons. The van der Waals surface area contributed by atoms with Gasteiger partial charge in [-0.3, -0.25) is 14.8 Å². The Morgan fingerprint density at radius 3 is 2.71 bits per heavy atom. The van der Waals surface area contributed by atoms with E-state index in [2.05, 4.69) is 10.3 Å². The van der Waals surface area contributed by atoms with Crippen molar-refractivity contribution in [3.63, 3.8) is 0 Å². The third-order valence-corrected chi connectivity index (χ3v) is 5.03. The first-order chi connectivity index (χ1) is 13.6. The molecule has 2 heterocycles. The largest absolute Gasteiger partial charge is 0.496 e. The summed E-state index contributed by atoms with van der Waals surface area (Å²) in [5, 5.41) is 7.34. The summed E-state index contributed by atoms with van der Waals surface area (Å²) in [6.45, 7) is 1.69. The first kappa shape index (κ1) is 20.2. The number of hydrogen-bond acceptors (Lipinski definition) is 5. The molecule has 1 aromatic carbocycles. The Labute approximate surface area is 174 Å². The molecule has 0 bridgehead atoms. The van der Waals surface area contributed by atoms with Crippen LogP contribution in [0.1, 0.15) is 22.3 Å². The van der Waals surface area contributed by atoms with Crippen molar-refractivity contribution in [3.05, 3.63) is 52.8 Å². The number of amides is 1. The van der Waals surface area contributed by atoms with Crippen LogP contribution in [-0.2, 0) is 6.54 Å². The number of thiocarbonyl (C=S) groups is 1. The Morgan fingerprint density at radius 2 is 2.04 bits per heavy atom. The van der Waals surface area contributed by atoms with E-state index in [9.17, 15) is 4.79 Å². The summed E-state index contributed by atoms with van der Waals surface area (Å²) in [6, 6.07) is 7.11. The Balaban J connectivity index is 1.80. The van der Waals surface area contributed by atoms with E-state index in [-0.39, 0.29) is 17.2 Å². The van der Waals surface area contributed by atoms with Gasteiger partial charge in [0.2, 0.25) is 0 Å². The predicted octanol–water partition coefficient (Wildman–Crippen LogP) is 2.89. The highest BCUT2D eigenvalue weighted by Crippen LogP contribution is 2.37. The zero-order valence-corrected chi connectivity index (χ0v) is 17.2. The van der Waals surface area contributed by atoms with Gasteiger partial charge in [-0.1, -0.05) is 17.7 Å². The van der Waals surface area contributed by atoms with Crippen LogP contribution in [0.3, 0.4) is 0 Å². The maximum Gasteiger partial charge on any atom is 0.280 e. The van der Waals surface area contributed by atoms with Gasteiger partial charge in [0.1, 0.15) is 11.3 Å². The highest BCUT2D eigenvalue weighted by molar-refractivity contribution is 7.80. The third kappa shape index (κ3) is 4.13. The van der Waals surface area contributed by atoms with Crippen molar-refractivity contribution in [1.29, 1.82) is 0 Å². The SMILES string of the molecule is COc1ccc(Cl)c(OC)c1C(=O)N1CCCN1C(=S)NCc1cccnc1. The van der Waals surface area contributed by atoms with E-state index in [4.69, 9.17) is 33.3 Å². The van der Waals surface area contributed by atoms with Crippen LogP contribution in [0.15, 0.2) is 36.7 Å². The number of benzene rings is 1. The Morgan fingerprint density at radius 1 is 1.25 bits per heavy atom. The van der Waals surface area contributed by atoms with Crippen molar-refractivity contribution in [2.24, 2.45) is 0 Å². The minimum absolute atomic E-state index is 0.277. The van der Waals surface area contributed by atoms with Crippen LogP contribution < -0.4 is 14.8 Å². The van der Waals surface area contributed by atoms with Gasteiger partial charge in [0.25, 0.3) is 5.91 Å². The fraction of sp³-hybridized carbons (Fsp3) is 0.316. The molecule has 1 fully saturated rings. The molecule has 1 aromatic heterocycles. The van der Waals surface area contributed by atoms with Gasteiger partial charge >= 0.3 is 0 Å². The number of nitrogens with one attached hydrogen (secondary N) is 1. The predicted molar refractivity (Wildman–Crippen MR) is 111 cm³/mol. The third-order valence-electron chi connectivity index (χ3n) is 4.38. The van der Waals surface area contributed by atoms with E-state index in [0.717, 1.165) is 12.0 Å². The van der Waals surface area contributed by atoms with E-state index < -0.39 is 0 Å². The molecular formula is C19H21ClN4O3S. The maximum absolute atomic E-state index is 13.3. The number of methoxy groups -OCH3 is 2. The summed E-state index contributed by atoms with van der Waals surface area (Å²) in [4.78, 5) is 17.4. The minimum atomic E-state index is -0.278. The van der Waals surface area contributed by atoms with Gasteiger partial charge in [-0.25, -0.2) is 5.01 Å². The van der Waals surface area contributed by atoms with E-state index in [1.807, 2.05) is 12.1 Å². The van der Waals surface area contributed by atoms with Crippen LogP contribution in [0.25, 0.3) is 0 Å². The van der Waals surface area contributed by atoms with Crippen molar-refractivity contribution in [3.8, 4) is 11.5 Å². The Bertz CT molecular complexity index is 866. The number of hydrazine groups is 1. The van der Waals surface area contributed by atoms with Gasteiger partial charge in [-0.05, 0) is 42.4 Å². The lowest BCUT2D eigenvalue weighted by Gasteiger charge is -2.31. The molecule has 0 aliphatic carbocycles. The molecule has 1 N–H and O–H groups in total. The minimum Gasteiger partial charge on any atom is -0.496 e. The molecule has 0 unspecified atom stereocenters. The molecule has 1 aliphatic heterocycles. The molecule has 3 rings (SSSR count). The summed E-state index contributed by atoms with van der Waals surface area (Å²) >= 11 is 11.7. The number of rotatable bonds is 5. The lowest BCUT2D eigenvalue weighted by atomic mass is 10.1. The number of carbonyl (C=O) groups excluding carboxylic acids is 1. The number of pyridine rings is 1. The zero-order valence-electron chi connectivity index (χ0n) is 15.6. The van der Waals surface area contributed by atoms with E-state index >= 15 is 0 Å². The van der Waals surface area contributed by atoms with Crippen LogP contribution in [0.5, 0.6) is 11.5 Å². The number of ether oxygens (including phenoxy) is 2. The molecule has 1 amide bonds. The van der Waals surface area contributed by atoms with E-state index in [1.54, 1.807) is 34.5 Å². The Kier molecular flexibility index (Phi) is 6.53. The quantitative estimate of drug-likeness (QED) is 0.746. The van der Waals surface area contributed by atoms with Crippen LogP contribution in [0.2, 0.25) is 5.02 Å². The summed E-state index contributed by atoms with van der Waals surface area (Å²) in [5.41, 5.74) is 1.28. The molecule has 7 nitrogen and oxygen atoms in total. The fourth-order valence-electron chi connectivity index (χ4n) is 3.05. The second-order valence-electron chi connectivity index (χ2n) is 6.08. The topological polar surface area (TPSA) is 66.9 Å². The number of nitrogens with zero attached hydrogens (tertiary/aromatic N) is 3. The highest BCUT2D eigenvalue weighted by atomic mass is 35.5. The van der Waals surface area contributed by atoms with Crippen molar-refractivity contribution in [2.75, 3.05) is 27.3 Å². The average molecular weight is 421 g/mol. The van der Waals surface area contributed by atoms with Crippen molar-refractivity contribution >= 4 is 34.8 Å². The number of halogens is 1. The van der Waals surface area contributed by atoms with Gasteiger partial charge in [-0.15, -0.1) is 0 Å². The average Bonchev–Trinajstić information content (AvgIpc) is 3.22. The maximum atomic E-state index is 13.3. The van der Waals surface area contributed by atoms with Gasteiger partial charge in [0.05, 0.1) is 19.2 Å². The molecule has 28 heavy (non-hydrogen) atoms. The molecule has 2 aromatic rings. The van der Waals surface area contributed by atoms with Crippen LogP contribution >= 0.6 is 23.8 Å². The molecule has 0 atom stereocenters. The van der Waals surface area contributed by atoms with Crippen LogP contribution in [-0.4, -0.2) is 53.3 Å². The molecule has 1 saturated heterocycles. The second kappa shape index (κ2) is 9.07. The highest BCUT2D eigenvalue weighted by Gasteiger charge is 2.33. The zero-order chi connectivity index (χ0) is 20.1.